The second-order valence-electron chi connectivity index (χ2n) is 4.53. The molecule has 1 saturated heterocycles. The van der Waals surface area contributed by atoms with Gasteiger partial charge in [-0.2, -0.15) is 4.31 Å². The zero-order valence-corrected chi connectivity index (χ0v) is 12.6. The molecule has 20 heavy (non-hydrogen) atoms. The zero-order valence-electron chi connectivity index (χ0n) is 11.8. The van der Waals surface area contributed by atoms with Crippen molar-refractivity contribution in [1.82, 2.24) is 9.62 Å². The Balaban J connectivity index is 2.39. The lowest BCUT2D eigenvalue weighted by Crippen LogP contribution is -2.40. The molecule has 0 aliphatic carbocycles. The molecule has 0 unspecified atom stereocenters. The fourth-order valence-corrected chi connectivity index (χ4v) is 3.78. The molecule has 1 fully saturated rings. The molecule has 6 nitrogen and oxygen atoms in total. The number of sulfonamides is 1. The van der Waals surface area contributed by atoms with Gasteiger partial charge in [-0.1, -0.05) is 6.07 Å². The smallest absolute Gasteiger partial charge is 0.246 e. The van der Waals surface area contributed by atoms with E-state index >= 15 is 0 Å². The van der Waals surface area contributed by atoms with Crippen molar-refractivity contribution in [3.8, 4) is 5.75 Å². The highest BCUT2D eigenvalue weighted by Crippen LogP contribution is 2.28. The number of methoxy groups -OCH3 is 1. The molecule has 1 heterocycles. The summed E-state index contributed by atoms with van der Waals surface area (Å²) in [5.41, 5.74) is 0.903. The van der Waals surface area contributed by atoms with E-state index in [1.54, 1.807) is 12.1 Å². The van der Waals surface area contributed by atoms with Gasteiger partial charge < -0.3 is 14.8 Å². The summed E-state index contributed by atoms with van der Waals surface area (Å²) in [5.74, 6) is 0.372. The first-order chi connectivity index (χ1) is 9.59. The largest absolute Gasteiger partial charge is 0.495 e. The highest BCUT2D eigenvalue weighted by atomic mass is 32.2. The zero-order chi connectivity index (χ0) is 14.6. The van der Waals surface area contributed by atoms with Gasteiger partial charge in [-0.25, -0.2) is 8.42 Å². The van der Waals surface area contributed by atoms with Crippen LogP contribution in [0, 0.1) is 0 Å². The van der Waals surface area contributed by atoms with Crippen molar-refractivity contribution in [2.45, 2.75) is 11.4 Å². The third kappa shape index (κ3) is 3.12. The Morgan fingerprint density at radius 1 is 1.35 bits per heavy atom. The molecular weight excluding hydrogens is 280 g/mol. The fourth-order valence-electron chi connectivity index (χ4n) is 2.16. The van der Waals surface area contributed by atoms with Crippen LogP contribution in [0.15, 0.2) is 23.1 Å². The Kier molecular flexibility index (Phi) is 4.98. The summed E-state index contributed by atoms with van der Waals surface area (Å²) >= 11 is 0. The van der Waals surface area contributed by atoms with Crippen LogP contribution in [0.5, 0.6) is 5.75 Å². The molecule has 0 spiro atoms. The summed E-state index contributed by atoms with van der Waals surface area (Å²) in [6.45, 7) is 2.22. The van der Waals surface area contributed by atoms with Crippen molar-refractivity contribution in [2.75, 3.05) is 40.5 Å². The Morgan fingerprint density at radius 2 is 2.05 bits per heavy atom. The normalized spacial score (nSPS) is 17.1. The quantitative estimate of drug-likeness (QED) is 0.854. The molecule has 1 aliphatic rings. The number of ether oxygens (including phenoxy) is 2. The fraction of sp³-hybridized carbons (Fsp3) is 0.538. The summed E-state index contributed by atoms with van der Waals surface area (Å²) in [5, 5.41) is 3.01. The average Bonchev–Trinajstić information content (AvgIpc) is 2.48. The van der Waals surface area contributed by atoms with E-state index in [-0.39, 0.29) is 4.90 Å². The molecule has 7 heteroatoms. The number of nitrogens with one attached hydrogen (secondary N) is 1. The highest BCUT2D eigenvalue weighted by molar-refractivity contribution is 7.89. The minimum Gasteiger partial charge on any atom is -0.495 e. The Morgan fingerprint density at radius 3 is 2.65 bits per heavy atom. The number of hydrogen-bond donors (Lipinski definition) is 1. The first-order valence-electron chi connectivity index (χ1n) is 6.49. The van der Waals surface area contributed by atoms with Gasteiger partial charge in [-0.05, 0) is 24.7 Å². The van der Waals surface area contributed by atoms with Gasteiger partial charge >= 0.3 is 0 Å². The Hall–Kier alpha value is -1.15. The van der Waals surface area contributed by atoms with Gasteiger partial charge in [-0.15, -0.1) is 0 Å². The van der Waals surface area contributed by atoms with Crippen molar-refractivity contribution in [3.05, 3.63) is 23.8 Å². The molecular formula is C13H20N2O4S. The van der Waals surface area contributed by atoms with Gasteiger partial charge in [0.2, 0.25) is 10.0 Å². The maximum absolute atomic E-state index is 12.7. The predicted octanol–water partition coefficient (Wildman–Crippen LogP) is 0.436. The summed E-state index contributed by atoms with van der Waals surface area (Å²) in [7, 11) is -0.248. The van der Waals surface area contributed by atoms with Crippen LogP contribution in [0.3, 0.4) is 0 Å². The molecule has 0 saturated carbocycles. The maximum Gasteiger partial charge on any atom is 0.246 e. The molecule has 0 aromatic heterocycles. The molecule has 1 aromatic rings. The second-order valence-corrected chi connectivity index (χ2v) is 6.44. The summed E-state index contributed by atoms with van der Waals surface area (Å²) in [6, 6.07) is 5.22. The van der Waals surface area contributed by atoms with E-state index < -0.39 is 10.0 Å². The van der Waals surface area contributed by atoms with Gasteiger partial charge in [0.25, 0.3) is 0 Å². The van der Waals surface area contributed by atoms with Gasteiger partial charge in [0, 0.05) is 19.6 Å². The minimum absolute atomic E-state index is 0.217. The molecule has 0 bridgehead atoms. The van der Waals surface area contributed by atoms with E-state index in [4.69, 9.17) is 9.47 Å². The van der Waals surface area contributed by atoms with Crippen LogP contribution < -0.4 is 10.1 Å². The SMILES string of the molecule is CNCc1ccc(OC)c(S(=O)(=O)N2CCOCC2)c1. The molecule has 0 atom stereocenters. The summed E-state index contributed by atoms with van der Waals surface area (Å²) in [6.07, 6.45) is 0. The second kappa shape index (κ2) is 6.53. The van der Waals surface area contributed by atoms with Crippen LogP contribution >= 0.6 is 0 Å². The molecule has 1 N–H and O–H groups in total. The van der Waals surface area contributed by atoms with E-state index in [0.717, 1.165) is 5.56 Å². The molecule has 0 radical (unpaired) electrons. The number of nitrogens with zero attached hydrogens (tertiary/aromatic N) is 1. The maximum atomic E-state index is 12.7. The minimum atomic E-state index is -3.55. The summed E-state index contributed by atoms with van der Waals surface area (Å²) < 4.78 is 37.2. The molecule has 112 valence electrons. The van der Waals surface area contributed by atoms with Crippen molar-refractivity contribution >= 4 is 10.0 Å². The van der Waals surface area contributed by atoms with Crippen LogP contribution in [0.1, 0.15) is 5.56 Å². The monoisotopic (exact) mass is 300 g/mol. The van der Waals surface area contributed by atoms with E-state index in [0.29, 0.717) is 38.6 Å². The number of rotatable bonds is 5. The van der Waals surface area contributed by atoms with E-state index in [1.807, 2.05) is 13.1 Å². The topological polar surface area (TPSA) is 67.9 Å². The van der Waals surface area contributed by atoms with Gasteiger partial charge in [0.15, 0.2) is 0 Å². The van der Waals surface area contributed by atoms with Crippen molar-refractivity contribution in [1.29, 1.82) is 0 Å². The molecule has 2 rings (SSSR count). The average molecular weight is 300 g/mol. The van der Waals surface area contributed by atoms with Crippen LogP contribution in [0.4, 0.5) is 0 Å². The Bertz CT molecular complexity index is 553. The van der Waals surface area contributed by atoms with Crippen LogP contribution in [0.25, 0.3) is 0 Å². The number of benzene rings is 1. The van der Waals surface area contributed by atoms with Crippen LogP contribution in [-0.2, 0) is 21.3 Å². The predicted molar refractivity (Wildman–Crippen MR) is 75.3 cm³/mol. The molecule has 1 aromatic carbocycles. The highest BCUT2D eigenvalue weighted by Gasteiger charge is 2.29. The van der Waals surface area contributed by atoms with Gasteiger partial charge in [0.05, 0.1) is 20.3 Å². The van der Waals surface area contributed by atoms with Gasteiger partial charge in [-0.3, -0.25) is 0 Å². The van der Waals surface area contributed by atoms with Crippen molar-refractivity contribution in [3.63, 3.8) is 0 Å². The van der Waals surface area contributed by atoms with E-state index in [2.05, 4.69) is 5.32 Å². The van der Waals surface area contributed by atoms with E-state index in [9.17, 15) is 8.42 Å². The van der Waals surface area contributed by atoms with Crippen molar-refractivity contribution < 1.29 is 17.9 Å². The molecule has 1 aliphatic heterocycles. The first-order valence-corrected chi connectivity index (χ1v) is 7.93. The van der Waals surface area contributed by atoms with E-state index in [1.165, 1.54) is 11.4 Å². The van der Waals surface area contributed by atoms with Crippen LogP contribution in [-0.4, -0.2) is 53.2 Å². The first kappa shape index (κ1) is 15.2. The van der Waals surface area contributed by atoms with Gasteiger partial charge in [0.1, 0.15) is 10.6 Å². The third-order valence-electron chi connectivity index (χ3n) is 3.20. The lowest BCUT2D eigenvalue weighted by atomic mass is 10.2. The third-order valence-corrected chi connectivity index (χ3v) is 5.12. The van der Waals surface area contributed by atoms with Crippen molar-refractivity contribution in [2.24, 2.45) is 0 Å². The number of hydrogen-bond acceptors (Lipinski definition) is 5. The molecule has 0 amide bonds. The van der Waals surface area contributed by atoms with Crippen LogP contribution in [0.2, 0.25) is 0 Å². The number of morpholine rings is 1. The lowest BCUT2D eigenvalue weighted by Gasteiger charge is -2.26. The summed E-state index contributed by atoms with van der Waals surface area (Å²) in [4.78, 5) is 0.217. The standard InChI is InChI=1S/C13H20N2O4S/c1-14-10-11-3-4-12(18-2)13(9-11)20(16,17)15-5-7-19-8-6-15/h3-4,9,14H,5-8,10H2,1-2H3. The Labute approximate surface area is 119 Å². The lowest BCUT2D eigenvalue weighted by molar-refractivity contribution is 0.0729.